The standard InChI is InChI=1S/C12H17NO2/c1-12(9-14-2)13-11(8-15-12)10-6-4-3-5-7-10/h3-7,11,13H,8-9H2,1-2H3/t11-,12+/m1/s1. The molecule has 0 saturated carbocycles. The molecule has 0 aliphatic carbocycles. The Kier molecular flexibility index (Phi) is 3.05. The molecular weight excluding hydrogens is 190 g/mol. The van der Waals surface area contributed by atoms with Crippen LogP contribution < -0.4 is 5.32 Å². The number of methoxy groups -OCH3 is 1. The maximum atomic E-state index is 5.71. The van der Waals surface area contributed by atoms with Crippen LogP contribution in [-0.2, 0) is 9.47 Å². The fourth-order valence-electron chi connectivity index (χ4n) is 1.94. The molecule has 2 atom stereocenters. The van der Waals surface area contributed by atoms with Gasteiger partial charge in [0, 0.05) is 7.11 Å². The molecule has 3 heteroatoms. The lowest BCUT2D eigenvalue weighted by atomic mass is 10.1. The third-order valence-corrected chi connectivity index (χ3v) is 2.67. The predicted octanol–water partition coefficient (Wildman–Crippen LogP) is 1.71. The molecule has 0 unspecified atom stereocenters. The Morgan fingerprint density at radius 1 is 1.47 bits per heavy atom. The van der Waals surface area contributed by atoms with Gasteiger partial charge in [0.2, 0.25) is 0 Å². The lowest BCUT2D eigenvalue weighted by Gasteiger charge is -2.23. The van der Waals surface area contributed by atoms with Crippen molar-refractivity contribution >= 4 is 0 Å². The van der Waals surface area contributed by atoms with Crippen LogP contribution >= 0.6 is 0 Å². The molecule has 0 radical (unpaired) electrons. The average Bonchev–Trinajstić information content (AvgIpc) is 2.63. The minimum Gasteiger partial charge on any atom is -0.380 e. The van der Waals surface area contributed by atoms with Crippen molar-refractivity contribution in [3.8, 4) is 0 Å². The Labute approximate surface area is 90.4 Å². The van der Waals surface area contributed by atoms with Gasteiger partial charge in [-0.3, -0.25) is 5.32 Å². The van der Waals surface area contributed by atoms with Gasteiger partial charge in [0.15, 0.2) is 0 Å². The summed E-state index contributed by atoms with van der Waals surface area (Å²) in [4.78, 5) is 0. The summed E-state index contributed by atoms with van der Waals surface area (Å²) in [5, 5.41) is 3.44. The first-order valence-electron chi connectivity index (χ1n) is 5.19. The van der Waals surface area contributed by atoms with E-state index in [4.69, 9.17) is 9.47 Å². The van der Waals surface area contributed by atoms with Crippen LogP contribution in [0.5, 0.6) is 0 Å². The fourth-order valence-corrected chi connectivity index (χ4v) is 1.94. The van der Waals surface area contributed by atoms with Gasteiger partial charge >= 0.3 is 0 Å². The second-order valence-electron chi connectivity index (χ2n) is 4.08. The zero-order valence-electron chi connectivity index (χ0n) is 9.19. The van der Waals surface area contributed by atoms with Crippen molar-refractivity contribution in [1.82, 2.24) is 5.32 Å². The van der Waals surface area contributed by atoms with E-state index >= 15 is 0 Å². The van der Waals surface area contributed by atoms with E-state index in [1.54, 1.807) is 7.11 Å². The third kappa shape index (κ3) is 2.37. The lowest BCUT2D eigenvalue weighted by molar-refractivity contribution is -0.0499. The predicted molar refractivity (Wildman–Crippen MR) is 58.6 cm³/mol. The molecule has 82 valence electrons. The molecule has 1 saturated heterocycles. The van der Waals surface area contributed by atoms with Crippen molar-refractivity contribution < 1.29 is 9.47 Å². The molecule has 2 rings (SSSR count). The molecular formula is C12H17NO2. The first kappa shape index (κ1) is 10.6. The number of rotatable bonds is 3. The molecule has 0 spiro atoms. The van der Waals surface area contributed by atoms with Crippen LogP contribution in [0, 0.1) is 0 Å². The number of hydrogen-bond acceptors (Lipinski definition) is 3. The number of hydrogen-bond donors (Lipinski definition) is 1. The van der Waals surface area contributed by atoms with Gasteiger partial charge < -0.3 is 9.47 Å². The van der Waals surface area contributed by atoms with Crippen molar-refractivity contribution in [2.24, 2.45) is 0 Å². The zero-order chi connectivity index (χ0) is 10.7. The van der Waals surface area contributed by atoms with E-state index in [2.05, 4.69) is 17.4 Å². The van der Waals surface area contributed by atoms with Crippen molar-refractivity contribution in [2.75, 3.05) is 20.3 Å². The van der Waals surface area contributed by atoms with Crippen LogP contribution in [0.3, 0.4) is 0 Å². The lowest BCUT2D eigenvalue weighted by Crippen LogP contribution is -2.42. The summed E-state index contributed by atoms with van der Waals surface area (Å²) in [6, 6.07) is 10.6. The Bertz CT molecular complexity index is 315. The number of benzene rings is 1. The second kappa shape index (κ2) is 4.31. The van der Waals surface area contributed by atoms with Crippen molar-refractivity contribution in [3.63, 3.8) is 0 Å². The van der Waals surface area contributed by atoms with Crippen molar-refractivity contribution in [2.45, 2.75) is 18.7 Å². The van der Waals surface area contributed by atoms with E-state index in [9.17, 15) is 0 Å². The molecule has 1 aliphatic rings. The highest BCUT2D eigenvalue weighted by molar-refractivity contribution is 5.20. The summed E-state index contributed by atoms with van der Waals surface area (Å²) in [6.07, 6.45) is 0. The molecule has 1 aliphatic heterocycles. The molecule has 0 bridgehead atoms. The molecule has 1 heterocycles. The minimum absolute atomic E-state index is 0.270. The van der Waals surface area contributed by atoms with Crippen molar-refractivity contribution in [1.29, 1.82) is 0 Å². The topological polar surface area (TPSA) is 30.5 Å². The summed E-state index contributed by atoms with van der Waals surface area (Å²) >= 11 is 0. The minimum atomic E-state index is -0.352. The van der Waals surface area contributed by atoms with E-state index < -0.39 is 0 Å². The van der Waals surface area contributed by atoms with Gasteiger partial charge in [0.05, 0.1) is 19.3 Å². The van der Waals surface area contributed by atoms with Gasteiger partial charge in [-0.1, -0.05) is 30.3 Å². The third-order valence-electron chi connectivity index (χ3n) is 2.67. The van der Waals surface area contributed by atoms with Gasteiger partial charge in [0.1, 0.15) is 5.72 Å². The monoisotopic (exact) mass is 207 g/mol. The Morgan fingerprint density at radius 3 is 2.87 bits per heavy atom. The average molecular weight is 207 g/mol. The smallest absolute Gasteiger partial charge is 0.140 e. The van der Waals surface area contributed by atoms with Gasteiger partial charge in [-0.2, -0.15) is 0 Å². The molecule has 0 amide bonds. The zero-order valence-corrected chi connectivity index (χ0v) is 9.19. The molecule has 1 aromatic carbocycles. The highest BCUT2D eigenvalue weighted by Crippen LogP contribution is 2.25. The second-order valence-corrected chi connectivity index (χ2v) is 4.08. The largest absolute Gasteiger partial charge is 0.380 e. The van der Waals surface area contributed by atoms with E-state index in [-0.39, 0.29) is 11.8 Å². The maximum absolute atomic E-state index is 5.71. The molecule has 1 N–H and O–H groups in total. The molecule has 3 nitrogen and oxygen atoms in total. The molecule has 1 fully saturated rings. The number of ether oxygens (including phenoxy) is 2. The number of nitrogens with one attached hydrogen (secondary N) is 1. The van der Waals surface area contributed by atoms with E-state index in [0.717, 1.165) is 0 Å². The van der Waals surface area contributed by atoms with Crippen LogP contribution in [0.15, 0.2) is 30.3 Å². The van der Waals surface area contributed by atoms with Gasteiger partial charge in [-0.05, 0) is 12.5 Å². The highest BCUT2D eigenvalue weighted by atomic mass is 16.6. The SMILES string of the molecule is COC[C@@]1(C)N[C@@H](c2ccccc2)CO1. The maximum Gasteiger partial charge on any atom is 0.140 e. The highest BCUT2D eigenvalue weighted by Gasteiger charge is 2.35. The van der Waals surface area contributed by atoms with Gasteiger partial charge in [-0.15, -0.1) is 0 Å². The molecule has 0 aromatic heterocycles. The summed E-state index contributed by atoms with van der Waals surface area (Å²) in [6.45, 7) is 3.28. The first-order chi connectivity index (χ1) is 7.23. The van der Waals surface area contributed by atoms with E-state index in [1.807, 2.05) is 25.1 Å². The van der Waals surface area contributed by atoms with Crippen LogP contribution in [0.25, 0.3) is 0 Å². The quantitative estimate of drug-likeness (QED) is 0.818. The summed E-state index contributed by atoms with van der Waals surface area (Å²) in [5.74, 6) is 0. The van der Waals surface area contributed by atoms with Crippen LogP contribution in [0.2, 0.25) is 0 Å². The molecule has 15 heavy (non-hydrogen) atoms. The van der Waals surface area contributed by atoms with E-state index in [1.165, 1.54) is 5.56 Å². The Balaban J connectivity index is 2.04. The Hall–Kier alpha value is -0.900. The fraction of sp³-hybridized carbons (Fsp3) is 0.500. The van der Waals surface area contributed by atoms with E-state index in [0.29, 0.717) is 13.2 Å². The van der Waals surface area contributed by atoms with Crippen molar-refractivity contribution in [3.05, 3.63) is 35.9 Å². The van der Waals surface area contributed by atoms with Crippen LogP contribution in [-0.4, -0.2) is 26.0 Å². The summed E-state index contributed by atoms with van der Waals surface area (Å²) < 4.78 is 10.8. The molecule has 1 aromatic rings. The first-order valence-corrected chi connectivity index (χ1v) is 5.19. The van der Waals surface area contributed by atoms with Crippen LogP contribution in [0.1, 0.15) is 18.5 Å². The van der Waals surface area contributed by atoms with Gasteiger partial charge in [-0.25, -0.2) is 0 Å². The summed E-state index contributed by atoms with van der Waals surface area (Å²) in [7, 11) is 1.69. The summed E-state index contributed by atoms with van der Waals surface area (Å²) in [5.41, 5.74) is 0.909. The Morgan fingerprint density at radius 2 is 2.20 bits per heavy atom. The normalized spacial score (nSPS) is 30.7. The van der Waals surface area contributed by atoms with Crippen LogP contribution in [0.4, 0.5) is 0 Å². The van der Waals surface area contributed by atoms with Gasteiger partial charge in [0.25, 0.3) is 0 Å².